The molecule has 2 aromatic rings. The van der Waals surface area contributed by atoms with Gasteiger partial charge in [-0.3, -0.25) is 0 Å². The molecular weight excluding hydrogens is 256 g/mol. The van der Waals surface area contributed by atoms with Gasteiger partial charge in [-0.2, -0.15) is 4.98 Å². The van der Waals surface area contributed by atoms with Crippen LogP contribution in [0.2, 0.25) is 0 Å². The maximum absolute atomic E-state index is 5.89. The average Bonchev–Trinajstić information content (AvgIpc) is 2.93. The molecule has 0 aliphatic rings. The smallest absolute Gasteiger partial charge is 0.248 e. The fourth-order valence-corrected chi connectivity index (χ4v) is 2.13. The lowest BCUT2D eigenvalue weighted by Gasteiger charge is -2.19. The predicted molar refractivity (Wildman–Crippen MR) is 75.1 cm³/mol. The predicted octanol–water partition coefficient (Wildman–Crippen LogP) is 1.93. The molecule has 0 radical (unpaired) electrons. The molecule has 0 bridgehead atoms. The zero-order valence-electron chi connectivity index (χ0n) is 12.6. The summed E-state index contributed by atoms with van der Waals surface area (Å²) in [4.78, 5) is 4.37. The van der Waals surface area contributed by atoms with Crippen molar-refractivity contribution in [1.82, 2.24) is 25.1 Å². The fourth-order valence-electron chi connectivity index (χ4n) is 2.13. The van der Waals surface area contributed by atoms with Crippen LogP contribution in [-0.2, 0) is 18.4 Å². The molecule has 0 aliphatic carbocycles. The molecule has 2 N–H and O–H groups in total. The normalized spacial score (nSPS) is 12.0. The highest BCUT2D eigenvalue weighted by atomic mass is 16.5. The highest BCUT2D eigenvalue weighted by molar-refractivity contribution is 5.38. The van der Waals surface area contributed by atoms with Crippen molar-refractivity contribution in [2.45, 2.75) is 58.9 Å². The van der Waals surface area contributed by atoms with E-state index in [9.17, 15) is 0 Å². The van der Waals surface area contributed by atoms with Gasteiger partial charge in [-0.25, -0.2) is 4.68 Å². The first kappa shape index (κ1) is 14.5. The molecule has 20 heavy (non-hydrogen) atoms. The van der Waals surface area contributed by atoms with Crippen LogP contribution < -0.4 is 5.73 Å². The quantitative estimate of drug-likeness (QED) is 0.897. The minimum atomic E-state index is -0.140. The Morgan fingerprint density at radius 3 is 2.70 bits per heavy atom. The number of nitrogen functional groups attached to an aromatic ring is 1. The van der Waals surface area contributed by atoms with Crippen LogP contribution in [0.25, 0.3) is 0 Å². The molecule has 2 aromatic heterocycles. The number of hydrogen-bond donors (Lipinski definition) is 1. The van der Waals surface area contributed by atoms with Crippen molar-refractivity contribution >= 4 is 5.82 Å². The van der Waals surface area contributed by atoms with E-state index in [1.54, 1.807) is 4.68 Å². The van der Waals surface area contributed by atoms with Crippen LogP contribution in [0.15, 0.2) is 4.52 Å². The molecule has 0 atom stereocenters. The molecule has 0 aliphatic heterocycles. The Morgan fingerprint density at radius 1 is 1.30 bits per heavy atom. The van der Waals surface area contributed by atoms with Crippen molar-refractivity contribution in [3.05, 3.63) is 17.4 Å². The van der Waals surface area contributed by atoms with E-state index in [1.165, 1.54) is 0 Å². The molecular formula is C13H22N6O. The monoisotopic (exact) mass is 278 g/mol. The third kappa shape index (κ3) is 3.15. The number of hydrogen-bond acceptors (Lipinski definition) is 6. The molecule has 2 heterocycles. The van der Waals surface area contributed by atoms with E-state index in [-0.39, 0.29) is 5.41 Å². The topological polar surface area (TPSA) is 95.7 Å². The fraction of sp³-hybridized carbons (Fsp3) is 0.692. The van der Waals surface area contributed by atoms with Crippen LogP contribution in [0.5, 0.6) is 0 Å². The Morgan fingerprint density at radius 2 is 2.05 bits per heavy atom. The molecule has 0 aromatic carbocycles. The summed E-state index contributed by atoms with van der Waals surface area (Å²) in [7, 11) is 0. The van der Waals surface area contributed by atoms with Gasteiger partial charge in [0, 0.05) is 11.8 Å². The molecule has 0 fully saturated rings. The number of aryl methyl sites for hydroxylation is 1. The summed E-state index contributed by atoms with van der Waals surface area (Å²) in [6.45, 7) is 8.74. The van der Waals surface area contributed by atoms with Gasteiger partial charge in [0.15, 0.2) is 11.6 Å². The van der Waals surface area contributed by atoms with E-state index >= 15 is 0 Å². The van der Waals surface area contributed by atoms with Gasteiger partial charge in [-0.05, 0) is 6.42 Å². The van der Waals surface area contributed by atoms with Gasteiger partial charge < -0.3 is 10.3 Å². The Kier molecular flexibility index (Phi) is 4.06. The Bertz CT molecular complexity index is 566. The van der Waals surface area contributed by atoms with Crippen LogP contribution in [0.4, 0.5) is 5.82 Å². The number of nitrogens with zero attached hydrogens (tertiary/aromatic N) is 5. The summed E-state index contributed by atoms with van der Waals surface area (Å²) in [6, 6.07) is 0. The highest BCUT2D eigenvalue weighted by Crippen LogP contribution is 2.26. The molecule has 0 saturated heterocycles. The highest BCUT2D eigenvalue weighted by Gasteiger charge is 2.25. The molecule has 0 amide bonds. The largest absolute Gasteiger partial charge is 0.381 e. The first-order chi connectivity index (χ1) is 9.41. The van der Waals surface area contributed by atoms with Crippen molar-refractivity contribution < 1.29 is 4.52 Å². The maximum atomic E-state index is 5.89. The van der Waals surface area contributed by atoms with Gasteiger partial charge in [0.2, 0.25) is 5.89 Å². The number of unbranched alkanes of at least 4 members (excludes halogenated alkanes) is 1. The maximum Gasteiger partial charge on any atom is 0.248 e. The van der Waals surface area contributed by atoms with Crippen LogP contribution in [0.3, 0.4) is 0 Å². The molecule has 2 rings (SSSR count). The second-order valence-electron chi connectivity index (χ2n) is 5.94. The van der Waals surface area contributed by atoms with Gasteiger partial charge in [-0.15, -0.1) is 5.10 Å². The SMILES string of the molecule is CCCCc1noc(Cn2nnc(N)c2C(C)(C)C)n1. The summed E-state index contributed by atoms with van der Waals surface area (Å²) < 4.78 is 6.98. The summed E-state index contributed by atoms with van der Waals surface area (Å²) in [6.07, 6.45) is 3.01. The lowest BCUT2D eigenvalue weighted by molar-refractivity contribution is 0.353. The molecule has 0 spiro atoms. The summed E-state index contributed by atoms with van der Waals surface area (Å²) >= 11 is 0. The standard InChI is InChI=1S/C13H22N6O/c1-5-6-7-9-15-10(20-17-9)8-19-11(13(2,3)4)12(14)16-18-19/h5-8,14H2,1-4H3. The van der Waals surface area contributed by atoms with Crippen molar-refractivity contribution in [2.75, 3.05) is 5.73 Å². The number of anilines is 1. The van der Waals surface area contributed by atoms with Crippen molar-refractivity contribution in [3.63, 3.8) is 0 Å². The third-order valence-electron chi connectivity index (χ3n) is 3.02. The van der Waals surface area contributed by atoms with Gasteiger partial charge in [0.05, 0.1) is 5.69 Å². The van der Waals surface area contributed by atoms with E-state index in [0.717, 1.165) is 30.8 Å². The van der Waals surface area contributed by atoms with Gasteiger partial charge in [-0.1, -0.05) is 44.5 Å². The summed E-state index contributed by atoms with van der Waals surface area (Å²) in [5, 5.41) is 12.0. The molecule has 0 unspecified atom stereocenters. The Hall–Kier alpha value is -1.92. The molecule has 0 saturated carbocycles. The molecule has 110 valence electrons. The van der Waals surface area contributed by atoms with E-state index in [4.69, 9.17) is 10.3 Å². The second kappa shape index (κ2) is 5.60. The van der Waals surface area contributed by atoms with E-state index < -0.39 is 0 Å². The molecule has 7 heteroatoms. The first-order valence-electron chi connectivity index (χ1n) is 6.92. The number of aromatic nitrogens is 5. The van der Waals surface area contributed by atoms with E-state index in [0.29, 0.717) is 18.3 Å². The Labute approximate surface area is 118 Å². The zero-order valence-corrected chi connectivity index (χ0v) is 12.6. The van der Waals surface area contributed by atoms with Gasteiger partial charge >= 0.3 is 0 Å². The lowest BCUT2D eigenvalue weighted by atomic mass is 9.92. The first-order valence-corrected chi connectivity index (χ1v) is 6.92. The number of nitrogens with two attached hydrogens (primary N) is 1. The van der Waals surface area contributed by atoms with E-state index in [1.807, 2.05) is 0 Å². The summed E-state index contributed by atoms with van der Waals surface area (Å²) in [5.74, 6) is 1.72. The number of rotatable bonds is 5. The third-order valence-corrected chi connectivity index (χ3v) is 3.02. The van der Waals surface area contributed by atoms with Crippen LogP contribution in [-0.4, -0.2) is 25.1 Å². The minimum Gasteiger partial charge on any atom is -0.381 e. The summed E-state index contributed by atoms with van der Waals surface area (Å²) in [5.41, 5.74) is 6.63. The molecule has 7 nitrogen and oxygen atoms in total. The minimum absolute atomic E-state index is 0.140. The second-order valence-corrected chi connectivity index (χ2v) is 5.94. The van der Waals surface area contributed by atoms with Crippen LogP contribution in [0.1, 0.15) is 57.9 Å². The van der Waals surface area contributed by atoms with E-state index in [2.05, 4.69) is 48.1 Å². The lowest BCUT2D eigenvalue weighted by Crippen LogP contribution is -2.20. The van der Waals surface area contributed by atoms with Crippen molar-refractivity contribution in [2.24, 2.45) is 0 Å². The average molecular weight is 278 g/mol. The zero-order chi connectivity index (χ0) is 14.8. The van der Waals surface area contributed by atoms with Crippen molar-refractivity contribution in [3.8, 4) is 0 Å². The Balaban J connectivity index is 2.16. The van der Waals surface area contributed by atoms with Gasteiger partial charge in [0.1, 0.15) is 6.54 Å². The van der Waals surface area contributed by atoms with Crippen LogP contribution in [0, 0.1) is 0 Å². The van der Waals surface area contributed by atoms with Gasteiger partial charge in [0.25, 0.3) is 0 Å². The van der Waals surface area contributed by atoms with Crippen molar-refractivity contribution in [1.29, 1.82) is 0 Å². The van der Waals surface area contributed by atoms with Crippen LogP contribution >= 0.6 is 0 Å².